The van der Waals surface area contributed by atoms with Gasteiger partial charge in [-0.15, -0.1) is 0 Å². The minimum Gasteiger partial charge on any atom is -0.497 e. The third kappa shape index (κ3) is 7.22. The zero-order valence-electron chi connectivity index (χ0n) is 28.9. The molecule has 13 heteroatoms. The molecule has 2 aromatic carbocycles. The molecule has 0 saturated carbocycles. The van der Waals surface area contributed by atoms with Crippen LogP contribution in [0, 0.1) is 11.8 Å². The third-order valence-corrected chi connectivity index (χ3v) is 10.5. The predicted octanol–water partition coefficient (Wildman–Crippen LogP) is 5.25. The number of carbonyl (C=O) groups excluding carboxylic acids is 2. The Balaban J connectivity index is 1.53. The standard InChI is InChI=1S/C36H46F4N4O5/c1-34(2,3)44-20-29(22-7-10-25(49-6)11-8-22)35(37,21-44)33(48)43-18-27(28(19-43)31(45)41(4)5)26-12-9-24(36(38,39)40)17-30(26)42-15-13-23(14-16-42)32(46)47/h7-12,17,23,27-29H,13-16,18-21H2,1-6H3,(H,46,47)/t27-,28+,29+,35+/m1/s1. The number of carboxylic acid groups (broad SMARTS) is 1. The van der Waals surface area contributed by atoms with Crippen LogP contribution in [0.4, 0.5) is 23.2 Å². The molecule has 49 heavy (non-hydrogen) atoms. The fourth-order valence-corrected chi connectivity index (χ4v) is 7.56. The van der Waals surface area contributed by atoms with Crippen molar-refractivity contribution in [1.29, 1.82) is 0 Å². The summed E-state index contributed by atoms with van der Waals surface area (Å²) in [5.41, 5.74) is -2.33. The second-order valence-electron chi connectivity index (χ2n) is 14.8. The SMILES string of the molecule is COc1ccc([C@@H]2CN(C(C)(C)C)C[C@@]2(F)C(=O)N2C[C@H](C(=O)N(C)C)[C@@H](c3ccc(C(F)(F)F)cc3N3CCC(C(=O)O)CC3)C2)cc1. The highest BCUT2D eigenvalue weighted by atomic mass is 19.4. The quantitative estimate of drug-likeness (QED) is 0.397. The van der Waals surface area contributed by atoms with E-state index in [4.69, 9.17) is 4.74 Å². The topological polar surface area (TPSA) is 93.6 Å². The van der Waals surface area contributed by atoms with Crippen LogP contribution in [0.2, 0.25) is 0 Å². The zero-order valence-corrected chi connectivity index (χ0v) is 28.9. The molecule has 2 aromatic rings. The van der Waals surface area contributed by atoms with E-state index in [9.17, 15) is 32.7 Å². The van der Waals surface area contributed by atoms with Crippen molar-refractivity contribution in [2.45, 2.75) is 62.8 Å². The number of likely N-dealkylation sites (tertiary alicyclic amines) is 2. The summed E-state index contributed by atoms with van der Waals surface area (Å²) in [6, 6.07) is 10.3. The number of hydrogen-bond donors (Lipinski definition) is 1. The van der Waals surface area contributed by atoms with Gasteiger partial charge in [0.1, 0.15) is 5.75 Å². The molecule has 0 aromatic heterocycles. The van der Waals surface area contributed by atoms with E-state index in [2.05, 4.69) is 0 Å². The summed E-state index contributed by atoms with van der Waals surface area (Å²) in [7, 11) is 4.68. The van der Waals surface area contributed by atoms with E-state index in [1.807, 2.05) is 25.7 Å². The number of rotatable bonds is 7. The van der Waals surface area contributed by atoms with E-state index < -0.39 is 58.5 Å². The van der Waals surface area contributed by atoms with Gasteiger partial charge >= 0.3 is 12.1 Å². The van der Waals surface area contributed by atoms with Crippen molar-refractivity contribution >= 4 is 23.5 Å². The first-order chi connectivity index (χ1) is 22.8. The second-order valence-corrected chi connectivity index (χ2v) is 14.8. The Labute approximate surface area is 284 Å². The maximum atomic E-state index is 17.6. The van der Waals surface area contributed by atoms with E-state index in [0.29, 0.717) is 16.9 Å². The molecule has 9 nitrogen and oxygen atoms in total. The number of anilines is 1. The molecule has 3 heterocycles. The molecule has 4 atom stereocenters. The molecule has 3 saturated heterocycles. The highest BCUT2D eigenvalue weighted by Crippen LogP contribution is 2.47. The lowest BCUT2D eigenvalue weighted by molar-refractivity contribution is -0.144. The van der Waals surface area contributed by atoms with Gasteiger partial charge in [0.25, 0.3) is 5.91 Å². The lowest BCUT2D eigenvalue weighted by Gasteiger charge is -2.35. The first-order valence-electron chi connectivity index (χ1n) is 16.6. The van der Waals surface area contributed by atoms with Gasteiger partial charge in [0.15, 0.2) is 0 Å². The van der Waals surface area contributed by atoms with Gasteiger partial charge in [0.05, 0.1) is 24.5 Å². The molecule has 5 rings (SSSR count). The number of carbonyl (C=O) groups is 3. The van der Waals surface area contributed by atoms with Crippen molar-refractivity contribution in [3.8, 4) is 5.75 Å². The van der Waals surface area contributed by atoms with Crippen LogP contribution in [0.25, 0.3) is 0 Å². The Kier molecular flexibility index (Phi) is 9.99. The van der Waals surface area contributed by atoms with Crippen molar-refractivity contribution < 1.29 is 41.8 Å². The summed E-state index contributed by atoms with van der Waals surface area (Å²) < 4.78 is 64.8. The van der Waals surface area contributed by atoms with Gasteiger partial charge in [-0.1, -0.05) is 18.2 Å². The Hall–Kier alpha value is -3.87. The van der Waals surface area contributed by atoms with Crippen molar-refractivity contribution in [1.82, 2.24) is 14.7 Å². The first-order valence-corrected chi connectivity index (χ1v) is 16.6. The van der Waals surface area contributed by atoms with Gasteiger partial charge in [0.2, 0.25) is 11.6 Å². The van der Waals surface area contributed by atoms with Gasteiger partial charge < -0.3 is 24.5 Å². The number of carboxylic acids is 1. The average Bonchev–Trinajstić information content (AvgIpc) is 3.66. The van der Waals surface area contributed by atoms with Gasteiger partial charge in [-0.2, -0.15) is 13.2 Å². The van der Waals surface area contributed by atoms with Crippen LogP contribution >= 0.6 is 0 Å². The van der Waals surface area contributed by atoms with Crippen LogP contribution < -0.4 is 9.64 Å². The van der Waals surface area contributed by atoms with E-state index in [0.717, 1.165) is 12.1 Å². The molecular formula is C36H46F4N4O5. The maximum Gasteiger partial charge on any atom is 0.416 e. The van der Waals surface area contributed by atoms with Crippen LogP contribution in [-0.2, 0) is 20.6 Å². The molecule has 0 aliphatic carbocycles. The monoisotopic (exact) mass is 690 g/mol. The fraction of sp³-hybridized carbons (Fsp3) is 0.583. The lowest BCUT2D eigenvalue weighted by Crippen LogP contribution is -2.51. The summed E-state index contributed by atoms with van der Waals surface area (Å²) in [4.78, 5) is 46.2. The molecule has 2 amide bonds. The summed E-state index contributed by atoms with van der Waals surface area (Å²) in [5, 5.41) is 9.50. The van der Waals surface area contributed by atoms with E-state index in [-0.39, 0.29) is 63.7 Å². The zero-order chi connectivity index (χ0) is 36.1. The molecule has 3 aliphatic heterocycles. The molecule has 0 unspecified atom stereocenters. The number of ether oxygens (including phenoxy) is 1. The molecule has 1 N–H and O–H groups in total. The Morgan fingerprint density at radius 2 is 1.59 bits per heavy atom. The van der Waals surface area contributed by atoms with Crippen LogP contribution in [0.5, 0.6) is 5.75 Å². The minimum atomic E-state index is -4.64. The molecule has 0 radical (unpaired) electrons. The number of halogens is 4. The normalized spacial score (nSPS) is 25.5. The van der Waals surface area contributed by atoms with E-state index >= 15 is 4.39 Å². The fourth-order valence-electron chi connectivity index (χ4n) is 7.56. The van der Waals surface area contributed by atoms with Crippen molar-refractivity contribution in [2.24, 2.45) is 11.8 Å². The predicted molar refractivity (Wildman–Crippen MR) is 176 cm³/mol. The van der Waals surface area contributed by atoms with Crippen LogP contribution in [0.15, 0.2) is 42.5 Å². The summed E-state index contributed by atoms with van der Waals surface area (Å²) in [5.74, 6) is -4.41. The average molecular weight is 691 g/mol. The number of aliphatic carboxylic acids is 1. The van der Waals surface area contributed by atoms with Gasteiger partial charge in [-0.25, -0.2) is 4.39 Å². The number of piperidine rings is 1. The molecule has 0 bridgehead atoms. The first kappa shape index (κ1) is 36.4. The van der Waals surface area contributed by atoms with Crippen LogP contribution in [0.3, 0.4) is 0 Å². The smallest absolute Gasteiger partial charge is 0.416 e. The highest BCUT2D eigenvalue weighted by Gasteiger charge is 2.58. The number of benzene rings is 2. The number of amides is 2. The van der Waals surface area contributed by atoms with Crippen molar-refractivity contribution in [2.75, 3.05) is 65.4 Å². The molecule has 3 aliphatic rings. The Morgan fingerprint density at radius 3 is 2.12 bits per heavy atom. The van der Waals surface area contributed by atoms with Crippen LogP contribution in [-0.4, -0.2) is 109 Å². The minimum absolute atomic E-state index is 0.0659. The molecule has 0 spiro atoms. The summed E-state index contributed by atoms with van der Waals surface area (Å²) in [6.45, 7) is 6.25. The summed E-state index contributed by atoms with van der Waals surface area (Å²) >= 11 is 0. The second kappa shape index (κ2) is 13.4. The van der Waals surface area contributed by atoms with Gasteiger partial charge in [-0.3, -0.25) is 19.3 Å². The van der Waals surface area contributed by atoms with Crippen molar-refractivity contribution in [3.05, 3.63) is 59.2 Å². The summed E-state index contributed by atoms with van der Waals surface area (Å²) in [6.07, 6.45) is -4.13. The van der Waals surface area contributed by atoms with Crippen LogP contribution in [0.1, 0.15) is 62.1 Å². The Morgan fingerprint density at radius 1 is 0.959 bits per heavy atom. The van der Waals surface area contributed by atoms with Crippen molar-refractivity contribution in [3.63, 3.8) is 0 Å². The lowest BCUT2D eigenvalue weighted by atomic mass is 9.85. The third-order valence-electron chi connectivity index (χ3n) is 10.5. The largest absolute Gasteiger partial charge is 0.497 e. The molecular weight excluding hydrogens is 644 g/mol. The van der Waals surface area contributed by atoms with E-state index in [1.165, 1.54) is 23.0 Å². The number of nitrogens with zero attached hydrogens (tertiary/aromatic N) is 4. The van der Waals surface area contributed by atoms with E-state index in [1.54, 1.807) is 43.3 Å². The Bertz CT molecular complexity index is 1550. The maximum absolute atomic E-state index is 17.6. The number of methoxy groups -OCH3 is 1. The highest BCUT2D eigenvalue weighted by molar-refractivity contribution is 5.90. The molecule has 268 valence electrons. The number of hydrogen-bond acceptors (Lipinski definition) is 6. The number of alkyl halides is 4. The van der Waals surface area contributed by atoms with Gasteiger partial charge in [-0.05, 0) is 69.0 Å². The van der Waals surface area contributed by atoms with Gasteiger partial charge in [0, 0.05) is 76.4 Å². The molecule has 3 fully saturated rings.